The molecule has 0 N–H and O–H groups in total. The summed E-state index contributed by atoms with van der Waals surface area (Å²) in [6.45, 7) is 0. The molecule has 4 heteroatoms. The van der Waals surface area contributed by atoms with Crippen LogP contribution in [0.5, 0.6) is 11.5 Å². The predicted octanol–water partition coefficient (Wildman–Crippen LogP) is 3.53. The number of rotatable bonds is 3. The SMILES string of the molecule is COc1cc(-c2ccncc2)c(OC)cc1Br. The lowest BCUT2D eigenvalue weighted by molar-refractivity contribution is 0.402. The van der Waals surface area contributed by atoms with E-state index in [1.807, 2.05) is 24.3 Å². The van der Waals surface area contributed by atoms with Crippen LogP contribution in [0.2, 0.25) is 0 Å². The number of halogens is 1. The van der Waals surface area contributed by atoms with Crippen molar-refractivity contribution >= 4 is 15.9 Å². The fourth-order valence-electron chi connectivity index (χ4n) is 1.62. The Bertz CT molecular complexity index is 514. The van der Waals surface area contributed by atoms with Crippen molar-refractivity contribution in [3.05, 3.63) is 41.1 Å². The van der Waals surface area contributed by atoms with Crippen LogP contribution in [0.3, 0.4) is 0 Å². The summed E-state index contributed by atoms with van der Waals surface area (Å²) in [7, 11) is 3.29. The highest BCUT2D eigenvalue weighted by molar-refractivity contribution is 9.10. The van der Waals surface area contributed by atoms with Gasteiger partial charge in [-0.1, -0.05) is 0 Å². The van der Waals surface area contributed by atoms with Gasteiger partial charge in [0, 0.05) is 18.0 Å². The predicted molar refractivity (Wildman–Crippen MR) is 70.5 cm³/mol. The summed E-state index contributed by atoms with van der Waals surface area (Å²) in [5, 5.41) is 0. The molecule has 0 atom stereocenters. The molecule has 0 unspecified atom stereocenters. The van der Waals surface area contributed by atoms with E-state index in [1.165, 1.54) is 0 Å². The molecule has 0 aliphatic rings. The number of hydrogen-bond donors (Lipinski definition) is 0. The second-order valence-electron chi connectivity index (χ2n) is 3.42. The minimum Gasteiger partial charge on any atom is -0.496 e. The van der Waals surface area contributed by atoms with E-state index in [4.69, 9.17) is 9.47 Å². The van der Waals surface area contributed by atoms with E-state index in [0.29, 0.717) is 0 Å². The zero-order valence-corrected chi connectivity index (χ0v) is 11.2. The standard InChI is InChI=1S/C13H12BrNO2/c1-16-12-8-11(14)13(17-2)7-10(12)9-3-5-15-6-4-9/h3-8H,1-2H3. The van der Waals surface area contributed by atoms with E-state index < -0.39 is 0 Å². The molecule has 0 aliphatic heterocycles. The lowest BCUT2D eigenvalue weighted by Crippen LogP contribution is -1.91. The quantitative estimate of drug-likeness (QED) is 0.868. The highest BCUT2D eigenvalue weighted by atomic mass is 79.9. The van der Waals surface area contributed by atoms with Crippen molar-refractivity contribution in [3.8, 4) is 22.6 Å². The summed E-state index contributed by atoms with van der Waals surface area (Å²) in [5.74, 6) is 1.57. The summed E-state index contributed by atoms with van der Waals surface area (Å²) in [6, 6.07) is 7.71. The van der Waals surface area contributed by atoms with Gasteiger partial charge in [0.1, 0.15) is 11.5 Å². The maximum atomic E-state index is 5.37. The van der Waals surface area contributed by atoms with Gasteiger partial charge in [-0.15, -0.1) is 0 Å². The molecule has 2 aromatic rings. The molecule has 0 radical (unpaired) electrons. The maximum absolute atomic E-state index is 5.37. The molecule has 0 spiro atoms. The van der Waals surface area contributed by atoms with Crippen LogP contribution in [0.25, 0.3) is 11.1 Å². The summed E-state index contributed by atoms with van der Waals surface area (Å²) >= 11 is 3.44. The van der Waals surface area contributed by atoms with Crippen LogP contribution in [-0.4, -0.2) is 19.2 Å². The van der Waals surface area contributed by atoms with E-state index >= 15 is 0 Å². The third kappa shape index (κ3) is 2.42. The van der Waals surface area contributed by atoms with Gasteiger partial charge >= 0.3 is 0 Å². The Labute approximate surface area is 109 Å². The maximum Gasteiger partial charge on any atom is 0.133 e. The third-order valence-electron chi connectivity index (χ3n) is 2.47. The van der Waals surface area contributed by atoms with Crippen LogP contribution < -0.4 is 9.47 Å². The van der Waals surface area contributed by atoms with Gasteiger partial charge in [-0.2, -0.15) is 0 Å². The zero-order chi connectivity index (χ0) is 12.3. The van der Waals surface area contributed by atoms with E-state index in [9.17, 15) is 0 Å². The molecular formula is C13H12BrNO2. The molecule has 0 saturated carbocycles. The number of hydrogen-bond acceptors (Lipinski definition) is 3. The largest absolute Gasteiger partial charge is 0.496 e. The lowest BCUT2D eigenvalue weighted by Gasteiger charge is -2.12. The molecule has 1 aromatic heterocycles. The molecule has 3 nitrogen and oxygen atoms in total. The molecule has 2 rings (SSSR count). The van der Waals surface area contributed by atoms with E-state index in [1.54, 1.807) is 26.6 Å². The number of pyridine rings is 1. The van der Waals surface area contributed by atoms with Gasteiger partial charge in [0.2, 0.25) is 0 Å². The molecule has 17 heavy (non-hydrogen) atoms. The van der Waals surface area contributed by atoms with Crippen molar-refractivity contribution in [1.29, 1.82) is 0 Å². The molecule has 1 heterocycles. The van der Waals surface area contributed by atoms with E-state index in [-0.39, 0.29) is 0 Å². The first-order chi connectivity index (χ1) is 8.26. The molecule has 88 valence electrons. The summed E-state index contributed by atoms with van der Waals surface area (Å²) in [6.07, 6.45) is 3.51. The van der Waals surface area contributed by atoms with Crippen LogP contribution in [0.4, 0.5) is 0 Å². The summed E-state index contributed by atoms with van der Waals surface area (Å²) in [4.78, 5) is 4.01. The summed E-state index contributed by atoms with van der Waals surface area (Å²) < 4.78 is 11.5. The minimum absolute atomic E-state index is 0.776. The van der Waals surface area contributed by atoms with Crippen LogP contribution >= 0.6 is 15.9 Å². The van der Waals surface area contributed by atoms with Crippen LogP contribution in [-0.2, 0) is 0 Å². The van der Waals surface area contributed by atoms with Crippen LogP contribution in [0, 0.1) is 0 Å². The van der Waals surface area contributed by atoms with Crippen molar-refractivity contribution in [2.45, 2.75) is 0 Å². The number of aromatic nitrogens is 1. The van der Waals surface area contributed by atoms with Crippen LogP contribution in [0.15, 0.2) is 41.1 Å². The van der Waals surface area contributed by atoms with Gasteiger partial charge in [0.25, 0.3) is 0 Å². The first kappa shape index (κ1) is 11.9. The second-order valence-corrected chi connectivity index (χ2v) is 4.28. The number of nitrogens with zero attached hydrogens (tertiary/aromatic N) is 1. The van der Waals surface area contributed by atoms with Crippen molar-refractivity contribution < 1.29 is 9.47 Å². The zero-order valence-electron chi connectivity index (χ0n) is 9.61. The van der Waals surface area contributed by atoms with Gasteiger partial charge in [0.15, 0.2) is 0 Å². The van der Waals surface area contributed by atoms with Crippen LogP contribution in [0.1, 0.15) is 0 Å². The average Bonchev–Trinajstić information content (AvgIpc) is 2.39. The second kappa shape index (κ2) is 5.19. The highest BCUT2D eigenvalue weighted by Crippen LogP contribution is 2.38. The Morgan fingerprint density at radius 1 is 1.00 bits per heavy atom. The summed E-state index contributed by atoms with van der Waals surface area (Å²) in [5.41, 5.74) is 2.03. The third-order valence-corrected chi connectivity index (χ3v) is 3.08. The molecule has 0 saturated heterocycles. The molecule has 0 fully saturated rings. The molecular weight excluding hydrogens is 282 g/mol. The normalized spacial score (nSPS) is 10.1. The van der Waals surface area contributed by atoms with Crippen molar-refractivity contribution in [3.63, 3.8) is 0 Å². The monoisotopic (exact) mass is 293 g/mol. The lowest BCUT2D eigenvalue weighted by atomic mass is 10.1. The van der Waals surface area contributed by atoms with Crippen molar-refractivity contribution in [2.75, 3.05) is 14.2 Å². The minimum atomic E-state index is 0.776. The topological polar surface area (TPSA) is 31.4 Å². The van der Waals surface area contributed by atoms with Gasteiger partial charge in [-0.05, 0) is 45.8 Å². The Hall–Kier alpha value is -1.55. The van der Waals surface area contributed by atoms with Crippen molar-refractivity contribution in [1.82, 2.24) is 4.98 Å². The van der Waals surface area contributed by atoms with Gasteiger partial charge in [0.05, 0.1) is 18.7 Å². The Morgan fingerprint density at radius 2 is 1.65 bits per heavy atom. The Balaban J connectivity index is 2.59. The Kier molecular flexibility index (Phi) is 3.64. The molecule has 0 aliphatic carbocycles. The Morgan fingerprint density at radius 3 is 2.24 bits per heavy atom. The smallest absolute Gasteiger partial charge is 0.133 e. The first-order valence-corrected chi connectivity index (χ1v) is 5.87. The fourth-order valence-corrected chi connectivity index (χ4v) is 2.10. The molecule has 1 aromatic carbocycles. The van der Waals surface area contributed by atoms with Crippen molar-refractivity contribution in [2.24, 2.45) is 0 Å². The number of methoxy groups -OCH3 is 2. The average molecular weight is 294 g/mol. The van der Waals surface area contributed by atoms with E-state index in [0.717, 1.165) is 27.1 Å². The molecule has 0 amide bonds. The first-order valence-electron chi connectivity index (χ1n) is 5.08. The number of benzene rings is 1. The number of ether oxygens (including phenoxy) is 2. The van der Waals surface area contributed by atoms with Gasteiger partial charge in [-0.25, -0.2) is 0 Å². The van der Waals surface area contributed by atoms with Gasteiger partial charge in [-0.3, -0.25) is 4.98 Å². The molecule has 0 bridgehead atoms. The fraction of sp³-hybridized carbons (Fsp3) is 0.154. The highest BCUT2D eigenvalue weighted by Gasteiger charge is 2.10. The van der Waals surface area contributed by atoms with E-state index in [2.05, 4.69) is 20.9 Å². The van der Waals surface area contributed by atoms with Gasteiger partial charge < -0.3 is 9.47 Å².